The number of sulfonamides is 1. The Hall–Kier alpha value is -0.500. The Morgan fingerprint density at radius 1 is 1.50 bits per heavy atom. The lowest BCUT2D eigenvalue weighted by atomic mass is 10.1. The second-order valence-electron chi connectivity index (χ2n) is 5.14. The average Bonchev–Trinajstić information content (AvgIpc) is 3.04. The molecule has 1 aromatic heterocycles. The number of nitrogens with one attached hydrogen (secondary N) is 2. The molecule has 1 fully saturated rings. The molecule has 5 nitrogen and oxygen atoms in total. The topological polar surface area (TPSA) is 63.1 Å². The number of nitrogens with zero attached hydrogens (tertiary/aromatic N) is 1. The zero-order valence-corrected chi connectivity index (χ0v) is 13.7. The number of thioether (sulfide) groups is 1. The molecule has 0 bridgehead atoms. The third kappa shape index (κ3) is 4.00. The molecule has 1 aromatic rings. The van der Waals surface area contributed by atoms with Crippen molar-refractivity contribution in [3.8, 4) is 0 Å². The molecule has 20 heavy (non-hydrogen) atoms. The van der Waals surface area contributed by atoms with Crippen LogP contribution >= 0.6 is 11.8 Å². The van der Waals surface area contributed by atoms with E-state index >= 15 is 0 Å². The van der Waals surface area contributed by atoms with E-state index in [1.54, 1.807) is 12.3 Å². The Balaban J connectivity index is 2.00. The Labute approximate surface area is 125 Å². The SMILES string of the molecule is CCNCc1cc(S(=O)(=O)NCC2CCSC2)cn1C. The first-order valence-corrected chi connectivity index (χ1v) is 9.60. The molecule has 114 valence electrons. The Bertz CT molecular complexity index is 534. The summed E-state index contributed by atoms with van der Waals surface area (Å²) in [5, 5.41) is 3.21. The quantitative estimate of drug-likeness (QED) is 0.792. The highest BCUT2D eigenvalue weighted by Gasteiger charge is 2.21. The Morgan fingerprint density at radius 3 is 2.95 bits per heavy atom. The molecule has 1 atom stereocenters. The fourth-order valence-electron chi connectivity index (χ4n) is 2.21. The monoisotopic (exact) mass is 317 g/mol. The summed E-state index contributed by atoms with van der Waals surface area (Å²) >= 11 is 1.90. The van der Waals surface area contributed by atoms with E-state index < -0.39 is 10.0 Å². The average molecular weight is 317 g/mol. The number of rotatable bonds is 7. The predicted octanol–water partition coefficient (Wildman–Crippen LogP) is 1.17. The summed E-state index contributed by atoms with van der Waals surface area (Å²) in [6, 6.07) is 1.74. The predicted molar refractivity (Wildman–Crippen MR) is 83.4 cm³/mol. The second-order valence-corrected chi connectivity index (χ2v) is 8.06. The third-order valence-corrected chi connectivity index (χ3v) is 6.16. The molecule has 1 aliphatic heterocycles. The smallest absolute Gasteiger partial charge is 0.242 e. The van der Waals surface area contributed by atoms with Gasteiger partial charge in [-0.15, -0.1) is 0 Å². The van der Waals surface area contributed by atoms with Crippen LogP contribution in [-0.4, -0.2) is 37.6 Å². The zero-order valence-electron chi connectivity index (χ0n) is 12.1. The van der Waals surface area contributed by atoms with Crippen LogP contribution < -0.4 is 10.0 Å². The maximum absolute atomic E-state index is 12.3. The van der Waals surface area contributed by atoms with Crippen molar-refractivity contribution < 1.29 is 8.42 Å². The summed E-state index contributed by atoms with van der Waals surface area (Å²) < 4.78 is 29.2. The van der Waals surface area contributed by atoms with Crippen LogP contribution in [0.15, 0.2) is 17.2 Å². The van der Waals surface area contributed by atoms with Crippen LogP contribution in [0.1, 0.15) is 19.0 Å². The molecule has 1 saturated heterocycles. The van der Waals surface area contributed by atoms with Gasteiger partial charge < -0.3 is 9.88 Å². The van der Waals surface area contributed by atoms with Gasteiger partial charge in [-0.2, -0.15) is 11.8 Å². The van der Waals surface area contributed by atoms with Crippen molar-refractivity contribution in [2.75, 3.05) is 24.6 Å². The van der Waals surface area contributed by atoms with Gasteiger partial charge in [0.2, 0.25) is 10.0 Å². The molecular weight excluding hydrogens is 294 g/mol. The molecule has 2 N–H and O–H groups in total. The molecule has 2 rings (SSSR count). The fraction of sp³-hybridized carbons (Fsp3) is 0.692. The van der Waals surface area contributed by atoms with Crippen LogP contribution in [0.25, 0.3) is 0 Å². The standard InChI is InChI=1S/C13H23N3O2S2/c1-3-14-8-12-6-13(9-16(12)2)20(17,18)15-7-11-4-5-19-10-11/h6,9,11,14-15H,3-5,7-8,10H2,1-2H3. The van der Waals surface area contributed by atoms with Crippen LogP contribution in [0.5, 0.6) is 0 Å². The minimum atomic E-state index is -3.38. The van der Waals surface area contributed by atoms with Crippen molar-refractivity contribution >= 4 is 21.8 Å². The molecule has 0 radical (unpaired) electrons. The van der Waals surface area contributed by atoms with Crippen LogP contribution in [0, 0.1) is 5.92 Å². The highest BCUT2D eigenvalue weighted by atomic mass is 32.2. The van der Waals surface area contributed by atoms with Gasteiger partial charge in [0.15, 0.2) is 0 Å². The molecule has 0 aromatic carbocycles. The minimum absolute atomic E-state index is 0.360. The Kier molecular flexibility index (Phi) is 5.54. The maximum atomic E-state index is 12.3. The van der Waals surface area contributed by atoms with Crippen molar-refractivity contribution in [2.24, 2.45) is 13.0 Å². The number of hydrogen-bond acceptors (Lipinski definition) is 4. The largest absolute Gasteiger partial charge is 0.352 e. The fourth-order valence-corrected chi connectivity index (χ4v) is 4.70. The van der Waals surface area contributed by atoms with Gasteiger partial charge in [-0.1, -0.05) is 6.92 Å². The summed E-state index contributed by atoms with van der Waals surface area (Å²) in [6.45, 7) is 4.13. The van der Waals surface area contributed by atoms with Gasteiger partial charge in [-0.05, 0) is 36.5 Å². The van der Waals surface area contributed by atoms with Crippen molar-refractivity contribution in [3.05, 3.63) is 18.0 Å². The lowest BCUT2D eigenvalue weighted by molar-refractivity contribution is 0.545. The van der Waals surface area contributed by atoms with Crippen molar-refractivity contribution in [3.63, 3.8) is 0 Å². The van der Waals surface area contributed by atoms with E-state index in [9.17, 15) is 8.42 Å². The van der Waals surface area contributed by atoms with Gasteiger partial charge in [-0.25, -0.2) is 13.1 Å². The number of aromatic nitrogens is 1. The van der Waals surface area contributed by atoms with E-state index in [2.05, 4.69) is 10.0 Å². The normalized spacial score (nSPS) is 19.6. The molecule has 0 aliphatic carbocycles. The van der Waals surface area contributed by atoms with E-state index in [1.165, 1.54) is 0 Å². The van der Waals surface area contributed by atoms with Gasteiger partial charge in [0, 0.05) is 32.0 Å². The first-order chi connectivity index (χ1) is 9.53. The van der Waals surface area contributed by atoms with Gasteiger partial charge in [0.1, 0.15) is 0 Å². The van der Waals surface area contributed by atoms with Crippen LogP contribution in [0.2, 0.25) is 0 Å². The zero-order chi connectivity index (χ0) is 14.6. The number of aryl methyl sites for hydroxylation is 1. The van der Waals surface area contributed by atoms with E-state index in [0.717, 1.165) is 30.2 Å². The van der Waals surface area contributed by atoms with Gasteiger partial charge in [0.05, 0.1) is 4.90 Å². The van der Waals surface area contributed by atoms with Gasteiger partial charge in [0.25, 0.3) is 0 Å². The van der Waals surface area contributed by atoms with Crippen LogP contribution in [-0.2, 0) is 23.6 Å². The summed E-state index contributed by atoms with van der Waals surface area (Å²) in [6.07, 6.45) is 2.78. The lowest BCUT2D eigenvalue weighted by Gasteiger charge is -2.09. The van der Waals surface area contributed by atoms with Gasteiger partial charge >= 0.3 is 0 Å². The lowest BCUT2D eigenvalue weighted by Crippen LogP contribution is -2.29. The third-order valence-electron chi connectivity index (χ3n) is 3.54. The Morgan fingerprint density at radius 2 is 2.30 bits per heavy atom. The summed E-state index contributed by atoms with van der Waals surface area (Å²) in [5.41, 5.74) is 0.976. The molecule has 1 aliphatic rings. The van der Waals surface area contributed by atoms with Crippen LogP contribution in [0.3, 0.4) is 0 Å². The second kappa shape index (κ2) is 6.98. The molecular formula is C13H23N3O2S2. The summed E-state index contributed by atoms with van der Waals surface area (Å²) in [4.78, 5) is 0.360. The number of hydrogen-bond donors (Lipinski definition) is 2. The minimum Gasteiger partial charge on any atom is -0.352 e. The summed E-state index contributed by atoms with van der Waals surface area (Å²) in [7, 11) is -1.51. The van der Waals surface area contributed by atoms with E-state index in [4.69, 9.17) is 0 Å². The van der Waals surface area contributed by atoms with Crippen molar-refractivity contribution in [1.29, 1.82) is 0 Å². The highest BCUT2D eigenvalue weighted by Crippen LogP contribution is 2.23. The molecule has 7 heteroatoms. The first-order valence-electron chi connectivity index (χ1n) is 6.96. The first kappa shape index (κ1) is 15.9. The maximum Gasteiger partial charge on any atom is 0.242 e. The molecule has 2 heterocycles. The van der Waals surface area contributed by atoms with E-state index in [0.29, 0.717) is 23.9 Å². The van der Waals surface area contributed by atoms with Crippen molar-refractivity contribution in [2.45, 2.75) is 24.8 Å². The van der Waals surface area contributed by atoms with Gasteiger partial charge in [-0.3, -0.25) is 0 Å². The summed E-state index contributed by atoms with van der Waals surface area (Å²) in [5.74, 6) is 2.67. The van der Waals surface area contributed by atoms with Crippen LogP contribution in [0.4, 0.5) is 0 Å². The van der Waals surface area contributed by atoms with Crippen molar-refractivity contribution in [1.82, 2.24) is 14.6 Å². The highest BCUT2D eigenvalue weighted by molar-refractivity contribution is 7.99. The van der Waals surface area contributed by atoms with E-state index in [1.807, 2.05) is 30.3 Å². The molecule has 1 unspecified atom stereocenters. The van der Waals surface area contributed by atoms with E-state index in [-0.39, 0.29) is 0 Å². The molecule has 0 spiro atoms. The molecule has 0 saturated carbocycles. The molecule has 0 amide bonds.